The highest BCUT2D eigenvalue weighted by atomic mass is 32.1. The maximum atomic E-state index is 5.65. The van der Waals surface area contributed by atoms with Gasteiger partial charge in [-0.3, -0.25) is 4.90 Å². The SMILES string of the molecule is Cc1ccc(C)c(NC(=S)NC[C@H](c2ccco2)N2CCCC2)c1. The minimum Gasteiger partial charge on any atom is -0.468 e. The first-order chi connectivity index (χ1) is 11.6. The minimum absolute atomic E-state index is 0.223. The van der Waals surface area contributed by atoms with Crippen molar-refractivity contribution in [2.75, 3.05) is 25.0 Å². The van der Waals surface area contributed by atoms with Gasteiger partial charge in [-0.2, -0.15) is 0 Å². The summed E-state index contributed by atoms with van der Waals surface area (Å²) in [5.41, 5.74) is 3.46. The Morgan fingerprint density at radius 1 is 1.25 bits per heavy atom. The van der Waals surface area contributed by atoms with E-state index in [0.29, 0.717) is 5.11 Å². The van der Waals surface area contributed by atoms with Crippen LogP contribution in [0.1, 0.15) is 35.8 Å². The van der Waals surface area contributed by atoms with E-state index < -0.39 is 0 Å². The molecule has 1 aromatic carbocycles. The van der Waals surface area contributed by atoms with Gasteiger partial charge in [0.15, 0.2) is 5.11 Å². The number of hydrogen-bond acceptors (Lipinski definition) is 3. The molecule has 0 aliphatic carbocycles. The van der Waals surface area contributed by atoms with E-state index >= 15 is 0 Å². The Bertz CT molecular complexity index is 678. The summed E-state index contributed by atoms with van der Waals surface area (Å²) in [4.78, 5) is 2.46. The Morgan fingerprint density at radius 2 is 2.04 bits per heavy atom. The fourth-order valence-corrected chi connectivity index (χ4v) is 3.36. The van der Waals surface area contributed by atoms with Gasteiger partial charge in [0.25, 0.3) is 0 Å². The zero-order valence-corrected chi connectivity index (χ0v) is 15.2. The molecule has 1 aliphatic heterocycles. The van der Waals surface area contributed by atoms with Gasteiger partial charge < -0.3 is 15.1 Å². The standard InChI is InChI=1S/C19H25N3OS/c1-14-7-8-15(2)16(12-14)21-19(24)20-13-17(18-6-5-11-23-18)22-9-3-4-10-22/h5-8,11-12,17H,3-4,9-10,13H2,1-2H3,(H2,20,21,24)/t17-/m1/s1. The lowest BCUT2D eigenvalue weighted by atomic mass is 10.1. The highest BCUT2D eigenvalue weighted by Gasteiger charge is 2.25. The second-order valence-electron chi connectivity index (χ2n) is 6.43. The minimum atomic E-state index is 0.223. The molecule has 1 saturated heterocycles. The van der Waals surface area contributed by atoms with Crippen LogP contribution in [-0.2, 0) is 0 Å². The summed E-state index contributed by atoms with van der Waals surface area (Å²) in [7, 11) is 0. The molecular formula is C19H25N3OS. The summed E-state index contributed by atoms with van der Waals surface area (Å²) in [6, 6.07) is 10.6. The first-order valence-electron chi connectivity index (χ1n) is 8.53. The number of likely N-dealkylation sites (tertiary alicyclic amines) is 1. The molecule has 0 saturated carbocycles. The largest absolute Gasteiger partial charge is 0.468 e. The summed E-state index contributed by atoms with van der Waals surface area (Å²) < 4.78 is 5.65. The molecule has 24 heavy (non-hydrogen) atoms. The van der Waals surface area contributed by atoms with Crippen LogP contribution in [0, 0.1) is 13.8 Å². The lowest BCUT2D eigenvalue weighted by Gasteiger charge is -2.26. The normalized spacial score (nSPS) is 16.1. The second-order valence-corrected chi connectivity index (χ2v) is 6.84. The predicted octanol–water partition coefficient (Wildman–Crippen LogP) is 4.02. The number of anilines is 1. The molecule has 1 fully saturated rings. The molecule has 0 amide bonds. The second kappa shape index (κ2) is 7.81. The van der Waals surface area contributed by atoms with Crippen LogP contribution in [0.3, 0.4) is 0 Å². The number of thiocarbonyl (C=S) groups is 1. The molecule has 0 bridgehead atoms. The first-order valence-corrected chi connectivity index (χ1v) is 8.94. The van der Waals surface area contributed by atoms with Crippen molar-refractivity contribution in [1.29, 1.82) is 0 Å². The number of aryl methyl sites for hydroxylation is 2. The van der Waals surface area contributed by atoms with E-state index in [-0.39, 0.29) is 6.04 Å². The van der Waals surface area contributed by atoms with Crippen LogP contribution in [-0.4, -0.2) is 29.6 Å². The van der Waals surface area contributed by atoms with Gasteiger partial charge in [-0.05, 0) is 81.3 Å². The maximum Gasteiger partial charge on any atom is 0.170 e. The van der Waals surface area contributed by atoms with E-state index in [1.54, 1.807) is 6.26 Å². The van der Waals surface area contributed by atoms with Crippen molar-refractivity contribution in [3.8, 4) is 0 Å². The number of hydrogen-bond donors (Lipinski definition) is 2. The van der Waals surface area contributed by atoms with Crippen molar-refractivity contribution in [3.63, 3.8) is 0 Å². The lowest BCUT2D eigenvalue weighted by Crippen LogP contribution is -2.38. The van der Waals surface area contributed by atoms with Gasteiger partial charge in [-0.15, -0.1) is 0 Å². The van der Waals surface area contributed by atoms with Crippen LogP contribution in [0.25, 0.3) is 0 Å². The van der Waals surface area contributed by atoms with E-state index in [4.69, 9.17) is 16.6 Å². The Morgan fingerprint density at radius 3 is 2.75 bits per heavy atom. The molecular weight excluding hydrogens is 318 g/mol. The van der Waals surface area contributed by atoms with Crippen molar-refractivity contribution < 1.29 is 4.42 Å². The topological polar surface area (TPSA) is 40.4 Å². The molecule has 1 atom stereocenters. The molecule has 0 spiro atoms. The van der Waals surface area contributed by atoms with Crippen LogP contribution in [0.15, 0.2) is 41.0 Å². The average Bonchev–Trinajstić information content (AvgIpc) is 3.25. The fourth-order valence-electron chi connectivity index (χ4n) is 3.17. The summed E-state index contributed by atoms with van der Waals surface area (Å²) >= 11 is 5.49. The molecule has 1 aromatic heterocycles. The molecule has 0 radical (unpaired) electrons. The van der Waals surface area contributed by atoms with Crippen molar-refractivity contribution in [1.82, 2.24) is 10.2 Å². The lowest BCUT2D eigenvalue weighted by molar-refractivity contribution is 0.216. The van der Waals surface area contributed by atoms with Crippen molar-refractivity contribution in [2.45, 2.75) is 32.7 Å². The third kappa shape index (κ3) is 4.16. The van der Waals surface area contributed by atoms with Gasteiger partial charge in [-0.25, -0.2) is 0 Å². The summed E-state index contributed by atoms with van der Waals surface area (Å²) in [5, 5.41) is 7.33. The molecule has 2 aromatic rings. The van der Waals surface area contributed by atoms with Gasteiger partial charge in [-0.1, -0.05) is 12.1 Å². The monoisotopic (exact) mass is 343 g/mol. The van der Waals surface area contributed by atoms with Crippen molar-refractivity contribution >= 4 is 23.0 Å². The molecule has 128 valence electrons. The average molecular weight is 343 g/mol. The van der Waals surface area contributed by atoms with E-state index in [1.165, 1.54) is 24.0 Å². The quantitative estimate of drug-likeness (QED) is 0.803. The van der Waals surface area contributed by atoms with Crippen molar-refractivity contribution in [2.24, 2.45) is 0 Å². The number of furan rings is 1. The van der Waals surface area contributed by atoms with E-state index in [1.807, 2.05) is 12.1 Å². The zero-order valence-electron chi connectivity index (χ0n) is 14.3. The maximum absolute atomic E-state index is 5.65. The van der Waals surface area contributed by atoms with Gasteiger partial charge in [0, 0.05) is 12.2 Å². The molecule has 2 N–H and O–H groups in total. The molecule has 5 heteroatoms. The number of benzene rings is 1. The smallest absolute Gasteiger partial charge is 0.170 e. The summed E-state index contributed by atoms with van der Waals surface area (Å²) in [6.45, 7) is 7.14. The van der Waals surface area contributed by atoms with E-state index in [0.717, 1.165) is 31.1 Å². The van der Waals surface area contributed by atoms with Gasteiger partial charge in [0.05, 0.1) is 12.3 Å². The summed E-state index contributed by atoms with van der Waals surface area (Å²) in [5.74, 6) is 0.999. The Hall–Kier alpha value is -1.85. The number of rotatable bonds is 5. The Labute approximate surface area is 149 Å². The first kappa shape index (κ1) is 17.0. The third-order valence-electron chi connectivity index (χ3n) is 4.55. The van der Waals surface area contributed by atoms with Crippen LogP contribution in [0.4, 0.5) is 5.69 Å². The highest BCUT2D eigenvalue weighted by molar-refractivity contribution is 7.80. The van der Waals surface area contributed by atoms with Gasteiger partial charge >= 0.3 is 0 Å². The highest BCUT2D eigenvalue weighted by Crippen LogP contribution is 2.25. The van der Waals surface area contributed by atoms with Crippen LogP contribution in [0.5, 0.6) is 0 Å². The van der Waals surface area contributed by atoms with Crippen LogP contribution in [0.2, 0.25) is 0 Å². The van der Waals surface area contributed by atoms with Gasteiger partial charge in [0.1, 0.15) is 5.76 Å². The molecule has 1 aliphatic rings. The number of nitrogens with zero attached hydrogens (tertiary/aromatic N) is 1. The Kier molecular flexibility index (Phi) is 5.53. The molecule has 3 rings (SSSR count). The van der Waals surface area contributed by atoms with Crippen LogP contribution < -0.4 is 10.6 Å². The van der Waals surface area contributed by atoms with Crippen molar-refractivity contribution in [3.05, 3.63) is 53.5 Å². The zero-order chi connectivity index (χ0) is 16.9. The summed E-state index contributed by atoms with van der Waals surface area (Å²) in [6.07, 6.45) is 4.25. The third-order valence-corrected chi connectivity index (χ3v) is 4.80. The fraction of sp³-hybridized carbons (Fsp3) is 0.421. The predicted molar refractivity (Wildman–Crippen MR) is 102 cm³/mol. The molecule has 0 unspecified atom stereocenters. The van der Waals surface area contributed by atoms with Gasteiger partial charge in [0.2, 0.25) is 0 Å². The number of nitrogens with one attached hydrogen (secondary N) is 2. The Balaban J connectivity index is 1.61. The van der Waals surface area contributed by atoms with E-state index in [2.05, 4.69) is 47.6 Å². The molecule has 4 nitrogen and oxygen atoms in total. The molecule has 2 heterocycles. The van der Waals surface area contributed by atoms with E-state index in [9.17, 15) is 0 Å². The van der Waals surface area contributed by atoms with Crippen LogP contribution >= 0.6 is 12.2 Å².